The summed E-state index contributed by atoms with van der Waals surface area (Å²) >= 11 is 0. The van der Waals surface area contributed by atoms with E-state index in [-0.39, 0.29) is 18.7 Å². The van der Waals surface area contributed by atoms with Crippen LogP contribution in [0.5, 0.6) is 0 Å². The number of hydrogen-bond donors (Lipinski definition) is 1. The Hall–Kier alpha value is -0.770. The van der Waals surface area contributed by atoms with E-state index in [1.807, 2.05) is 20.8 Å². The molecule has 4 heteroatoms. The summed E-state index contributed by atoms with van der Waals surface area (Å²) in [6.07, 6.45) is 2.43. The maximum atomic E-state index is 11.7. The lowest BCUT2D eigenvalue weighted by atomic mass is 9.99. The molecule has 1 amide bonds. The average molecular weight is 215 g/mol. The summed E-state index contributed by atoms with van der Waals surface area (Å²) in [5, 5.41) is 8.71. The van der Waals surface area contributed by atoms with E-state index in [4.69, 9.17) is 9.84 Å². The number of aliphatic hydroxyl groups is 1. The fraction of sp³-hybridized carbons (Fsp3) is 0.909. The van der Waals surface area contributed by atoms with E-state index in [9.17, 15) is 4.79 Å². The van der Waals surface area contributed by atoms with Gasteiger partial charge in [-0.3, -0.25) is 0 Å². The molecule has 88 valence electrons. The smallest absolute Gasteiger partial charge is 0.410 e. The molecule has 0 saturated carbocycles. The van der Waals surface area contributed by atoms with Crippen LogP contribution in [-0.2, 0) is 4.74 Å². The lowest BCUT2D eigenvalue weighted by molar-refractivity contribution is -0.00768. The highest BCUT2D eigenvalue weighted by atomic mass is 16.6. The van der Waals surface area contributed by atoms with Gasteiger partial charge in [-0.25, -0.2) is 4.79 Å². The molecule has 0 radical (unpaired) electrons. The maximum Gasteiger partial charge on any atom is 0.410 e. The minimum Gasteiger partial charge on any atom is -0.444 e. The van der Waals surface area contributed by atoms with Crippen LogP contribution < -0.4 is 0 Å². The minimum absolute atomic E-state index is 0.193. The van der Waals surface area contributed by atoms with E-state index < -0.39 is 5.60 Å². The van der Waals surface area contributed by atoms with Crippen LogP contribution in [-0.4, -0.2) is 40.9 Å². The first-order chi connectivity index (χ1) is 6.94. The molecule has 1 rings (SSSR count). The Morgan fingerprint density at radius 1 is 1.53 bits per heavy atom. The van der Waals surface area contributed by atoms with E-state index >= 15 is 0 Å². The fourth-order valence-electron chi connectivity index (χ4n) is 1.63. The van der Waals surface area contributed by atoms with Crippen molar-refractivity contribution >= 4 is 6.09 Å². The molecule has 1 unspecified atom stereocenters. The van der Waals surface area contributed by atoms with Crippen LogP contribution in [0.4, 0.5) is 4.79 Å². The number of ether oxygens (including phenoxy) is 1. The zero-order valence-corrected chi connectivity index (χ0v) is 9.82. The lowest BCUT2D eigenvalue weighted by Gasteiger charge is -2.41. The molecule has 1 aliphatic heterocycles. The molecule has 1 saturated heterocycles. The lowest BCUT2D eigenvalue weighted by Crippen LogP contribution is -2.52. The van der Waals surface area contributed by atoms with Crippen LogP contribution in [0.15, 0.2) is 0 Å². The second-order valence-electron chi connectivity index (χ2n) is 4.98. The molecule has 1 fully saturated rings. The van der Waals surface area contributed by atoms with E-state index in [0.717, 1.165) is 25.8 Å². The number of rotatable bonds is 3. The summed E-state index contributed by atoms with van der Waals surface area (Å²) in [5.41, 5.74) is -0.422. The van der Waals surface area contributed by atoms with Gasteiger partial charge in [0.05, 0.1) is 0 Å². The first-order valence-corrected chi connectivity index (χ1v) is 5.54. The number of aliphatic hydroxyl groups excluding tert-OH is 1. The van der Waals surface area contributed by atoms with Crippen LogP contribution in [0, 0.1) is 0 Å². The van der Waals surface area contributed by atoms with Gasteiger partial charge in [-0.2, -0.15) is 0 Å². The second kappa shape index (κ2) is 4.84. The molecule has 15 heavy (non-hydrogen) atoms. The summed E-state index contributed by atoms with van der Waals surface area (Å²) < 4.78 is 5.28. The quantitative estimate of drug-likeness (QED) is 0.780. The van der Waals surface area contributed by atoms with E-state index in [1.54, 1.807) is 4.90 Å². The normalized spacial score (nSPS) is 21.1. The molecule has 0 bridgehead atoms. The monoisotopic (exact) mass is 215 g/mol. The predicted molar refractivity (Wildman–Crippen MR) is 57.7 cm³/mol. The van der Waals surface area contributed by atoms with Crippen molar-refractivity contribution in [3.05, 3.63) is 0 Å². The van der Waals surface area contributed by atoms with Crippen LogP contribution in [0.2, 0.25) is 0 Å². The summed E-state index contributed by atoms with van der Waals surface area (Å²) in [7, 11) is 0. The second-order valence-corrected chi connectivity index (χ2v) is 4.98. The molecule has 1 aliphatic rings. The Kier molecular flexibility index (Phi) is 3.97. The molecule has 0 aliphatic carbocycles. The van der Waals surface area contributed by atoms with Gasteiger partial charge >= 0.3 is 6.09 Å². The van der Waals surface area contributed by atoms with E-state index in [1.165, 1.54) is 0 Å². The van der Waals surface area contributed by atoms with Gasteiger partial charge in [0.2, 0.25) is 0 Å². The van der Waals surface area contributed by atoms with E-state index in [0.29, 0.717) is 0 Å². The first-order valence-electron chi connectivity index (χ1n) is 5.54. The number of likely N-dealkylation sites (tertiary alicyclic amines) is 1. The van der Waals surface area contributed by atoms with Gasteiger partial charge in [0.15, 0.2) is 0 Å². The van der Waals surface area contributed by atoms with Gasteiger partial charge in [-0.1, -0.05) is 0 Å². The molecule has 1 N–H and O–H groups in total. The number of carbonyl (C=O) groups excluding carboxylic acids is 1. The Bertz CT molecular complexity index is 222. The van der Waals surface area contributed by atoms with Gasteiger partial charge in [-0.15, -0.1) is 0 Å². The Labute approximate surface area is 91.2 Å². The highest BCUT2D eigenvalue weighted by Crippen LogP contribution is 2.24. The maximum absolute atomic E-state index is 11.7. The van der Waals surface area contributed by atoms with Crippen molar-refractivity contribution in [1.82, 2.24) is 4.90 Å². The van der Waals surface area contributed by atoms with Crippen LogP contribution in [0.3, 0.4) is 0 Å². The Balaban J connectivity index is 2.34. The van der Waals surface area contributed by atoms with Crippen molar-refractivity contribution in [2.24, 2.45) is 0 Å². The SMILES string of the molecule is CC(C)(C)OC(=O)N1CCC1CCCO. The molecule has 0 aromatic heterocycles. The Morgan fingerprint density at radius 3 is 2.60 bits per heavy atom. The van der Waals surface area contributed by atoms with Crippen LogP contribution in [0.1, 0.15) is 40.0 Å². The van der Waals surface area contributed by atoms with Crippen LogP contribution >= 0.6 is 0 Å². The zero-order valence-electron chi connectivity index (χ0n) is 9.82. The summed E-state index contributed by atoms with van der Waals surface area (Å²) in [6.45, 7) is 6.58. The highest BCUT2D eigenvalue weighted by Gasteiger charge is 2.34. The zero-order chi connectivity index (χ0) is 11.5. The van der Waals surface area contributed by atoms with Crippen molar-refractivity contribution < 1.29 is 14.6 Å². The van der Waals surface area contributed by atoms with Gasteiger partial charge in [0.25, 0.3) is 0 Å². The number of nitrogens with zero attached hydrogens (tertiary/aromatic N) is 1. The van der Waals surface area contributed by atoms with Crippen LogP contribution in [0.25, 0.3) is 0 Å². The van der Waals surface area contributed by atoms with Gasteiger partial charge in [-0.05, 0) is 40.0 Å². The van der Waals surface area contributed by atoms with Crippen molar-refractivity contribution in [2.75, 3.05) is 13.2 Å². The molecule has 1 heterocycles. The summed E-state index contributed by atoms with van der Waals surface area (Å²) in [4.78, 5) is 13.4. The number of amides is 1. The topological polar surface area (TPSA) is 49.8 Å². The summed E-state index contributed by atoms with van der Waals surface area (Å²) in [6, 6.07) is 0.270. The molecule has 0 spiro atoms. The third-order valence-corrected chi connectivity index (χ3v) is 2.47. The first kappa shape index (κ1) is 12.3. The molecule has 0 aromatic carbocycles. The number of hydrogen-bond acceptors (Lipinski definition) is 3. The fourth-order valence-corrected chi connectivity index (χ4v) is 1.63. The molecule has 4 nitrogen and oxygen atoms in total. The van der Waals surface area contributed by atoms with Gasteiger partial charge in [0.1, 0.15) is 5.60 Å². The van der Waals surface area contributed by atoms with E-state index in [2.05, 4.69) is 0 Å². The molecular formula is C11H21NO3. The van der Waals surface area contributed by atoms with Crippen molar-refractivity contribution in [3.8, 4) is 0 Å². The Morgan fingerprint density at radius 2 is 2.20 bits per heavy atom. The molecule has 1 atom stereocenters. The van der Waals surface area contributed by atoms with Crippen molar-refractivity contribution in [2.45, 2.75) is 51.7 Å². The molecular weight excluding hydrogens is 194 g/mol. The predicted octanol–water partition coefficient (Wildman–Crippen LogP) is 1.77. The summed E-state index contributed by atoms with van der Waals surface area (Å²) in [5.74, 6) is 0. The largest absolute Gasteiger partial charge is 0.444 e. The third-order valence-electron chi connectivity index (χ3n) is 2.47. The highest BCUT2D eigenvalue weighted by molar-refractivity contribution is 5.69. The van der Waals surface area contributed by atoms with Gasteiger partial charge in [0, 0.05) is 19.2 Å². The average Bonchev–Trinajstić information content (AvgIpc) is 1.98. The van der Waals surface area contributed by atoms with Gasteiger partial charge < -0.3 is 14.7 Å². The van der Waals surface area contributed by atoms with Crippen molar-refractivity contribution in [1.29, 1.82) is 0 Å². The molecule has 0 aromatic rings. The van der Waals surface area contributed by atoms with Crippen molar-refractivity contribution in [3.63, 3.8) is 0 Å². The minimum atomic E-state index is -0.422. The number of carbonyl (C=O) groups is 1. The standard InChI is InChI=1S/C11H21NO3/c1-11(2,3)15-10(14)12-7-6-9(12)5-4-8-13/h9,13H,4-8H2,1-3H3. The third kappa shape index (κ3) is 3.70.